The van der Waals surface area contributed by atoms with Gasteiger partial charge in [0.05, 0.1) is 12.7 Å². The molecular formula is C15H19N3O2. The van der Waals surface area contributed by atoms with Crippen molar-refractivity contribution < 1.29 is 9.90 Å². The van der Waals surface area contributed by atoms with E-state index in [1.807, 2.05) is 50.4 Å². The van der Waals surface area contributed by atoms with E-state index in [1.54, 1.807) is 10.9 Å². The molecule has 2 aromatic rings. The van der Waals surface area contributed by atoms with Crippen molar-refractivity contribution in [3.63, 3.8) is 0 Å². The summed E-state index contributed by atoms with van der Waals surface area (Å²) in [5, 5.41) is 16.5. The van der Waals surface area contributed by atoms with Crippen LogP contribution in [0.2, 0.25) is 0 Å². The average Bonchev–Trinajstić information content (AvgIpc) is 2.87. The Hall–Kier alpha value is -2.14. The lowest BCUT2D eigenvalue weighted by molar-refractivity contribution is -0.140. The van der Waals surface area contributed by atoms with Crippen LogP contribution in [0, 0.1) is 0 Å². The lowest BCUT2D eigenvalue weighted by atomic mass is 10.1. The van der Waals surface area contributed by atoms with Crippen LogP contribution >= 0.6 is 0 Å². The maximum atomic E-state index is 11.2. The second kappa shape index (κ2) is 6.34. The van der Waals surface area contributed by atoms with Crippen LogP contribution in [0.15, 0.2) is 42.7 Å². The van der Waals surface area contributed by atoms with Crippen molar-refractivity contribution >= 4 is 5.97 Å². The molecule has 0 aliphatic carbocycles. The van der Waals surface area contributed by atoms with Crippen LogP contribution in [-0.2, 0) is 11.3 Å². The number of aromatic nitrogens is 2. The number of rotatable bonds is 6. The zero-order valence-electron chi connectivity index (χ0n) is 11.7. The number of carbonyl (C=O) groups is 1. The van der Waals surface area contributed by atoms with Crippen LogP contribution in [-0.4, -0.2) is 32.9 Å². The van der Waals surface area contributed by atoms with E-state index in [2.05, 4.69) is 10.4 Å². The van der Waals surface area contributed by atoms with Gasteiger partial charge in [0.1, 0.15) is 6.04 Å². The molecule has 0 amide bonds. The highest BCUT2D eigenvalue weighted by Crippen LogP contribution is 2.17. The minimum absolute atomic E-state index is 0.111. The number of carboxylic acid groups (broad SMARTS) is 1. The number of hydrogen-bond acceptors (Lipinski definition) is 3. The van der Waals surface area contributed by atoms with E-state index in [0.29, 0.717) is 6.54 Å². The zero-order chi connectivity index (χ0) is 14.5. The molecule has 106 valence electrons. The third-order valence-corrected chi connectivity index (χ3v) is 2.94. The van der Waals surface area contributed by atoms with E-state index < -0.39 is 12.0 Å². The lowest BCUT2D eigenvalue weighted by Crippen LogP contribution is -2.43. The van der Waals surface area contributed by atoms with Gasteiger partial charge in [-0.2, -0.15) is 5.10 Å². The Bertz CT molecular complexity index is 564. The standard InChI is InChI=1S/C15H19N3O2/c1-11(2)17-14(15(19)20)10-18-9-13(8-16-18)12-6-4-3-5-7-12/h3-9,11,14,17H,10H2,1-2H3,(H,19,20). The molecule has 5 nitrogen and oxygen atoms in total. The molecule has 0 aliphatic heterocycles. The molecule has 2 N–H and O–H groups in total. The summed E-state index contributed by atoms with van der Waals surface area (Å²) in [4.78, 5) is 11.2. The zero-order valence-corrected chi connectivity index (χ0v) is 11.7. The van der Waals surface area contributed by atoms with E-state index in [-0.39, 0.29) is 6.04 Å². The summed E-state index contributed by atoms with van der Waals surface area (Å²) in [6.07, 6.45) is 3.62. The third kappa shape index (κ3) is 3.68. The van der Waals surface area contributed by atoms with Gasteiger partial charge in [-0.05, 0) is 5.56 Å². The Balaban J connectivity index is 2.10. The van der Waals surface area contributed by atoms with Gasteiger partial charge in [0.2, 0.25) is 0 Å². The average molecular weight is 273 g/mol. The van der Waals surface area contributed by atoms with E-state index >= 15 is 0 Å². The monoisotopic (exact) mass is 273 g/mol. The fourth-order valence-corrected chi connectivity index (χ4v) is 2.03. The number of benzene rings is 1. The highest BCUT2D eigenvalue weighted by molar-refractivity contribution is 5.73. The predicted molar refractivity (Wildman–Crippen MR) is 77.4 cm³/mol. The van der Waals surface area contributed by atoms with Crippen LogP contribution in [0.1, 0.15) is 13.8 Å². The van der Waals surface area contributed by atoms with Crippen molar-refractivity contribution in [2.75, 3.05) is 0 Å². The molecule has 1 aromatic carbocycles. The molecule has 1 unspecified atom stereocenters. The summed E-state index contributed by atoms with van der Waals surface area (Å²) in [6.45, 7) is 4.16. The molecule has 5 heteroatoms. The van der Waals surface area contributed by atoms with E-state index in [0.717, 1.165) is 11.1 Å². The molecule has 0 radical (unpaired) electrons. The molecular weight excluding hydrogens is 254 g/mol. The summed E-state index contributed by atoms with van der Waals surface area (Å²) in [7, 11) is 0. The van der Waals surface area contributed by atoms with Gasteiger partial charge in [0.15, 0.2) is 0 Å². The van der Waals surface area contributed by atoms with Crippen molar-refractivity contribution in [2.45, 2.75) is 32.5 Å². The molecule has 0 fully saturated rings. The Kier molecular flexibility index (Phi) is 4.53. The molecule has 2 rings (SSSR count). The number of hydrogen-bond donors (Lipinski definition) is 2. The van der Waals surface area contributed by atoms with Gasteiger partial charge in [0.25, 0.3) is 0 Å². The molecule has 1 heterocycles. The van der Waals surface area contributed by atoms with Gasteiger partial charge in [-0.1, -0.05) is 44.2 Å². The topological polar surface area (TPSA) is 67.2 Å². The van der Waals surface area contributed by atoms with Gasteiger partial charge in [-0.3, -0.25) is 9.48 Å². The van der Waals surface area contributed by atoms with Gasteiger partial charge in [-0.25, -0.2) is 0 Å². The molecule has 0 saturated carbocycles. The molecule has 0 spiro atoms. The molecule has 1 atom stereocenters. The van der Waals surface area contributed by atoms with E-state index in [4.69, 9.17) is 0 Å². The minimum atomic E-state index is -0.865. The van der Waals surface area contributed by atoms with Crippen molar-refractivity contribution in [2.24, 2.45) is 0 Å². The highest BCUT2D eigenvalue weighted by atomic mass is 16.4. The summed E-state index contributed by atoms with van der Waals surface area (Å²) >= 11 is 0. The first-order chi connectivity index (χ1) is 9.56. The maximum Gasteiger partial charge on any atom is 0.322 e. The first-order valence-corrected chi connectivity index (χ1v) is 6.63. The number of nitrogens with one attached hydrogen (secondary N) is 1. The molecule has 20 heavy (non-hydrogen) atoms. The lowest BCUT2D eigenvalue weighted by Gasteiger charge is -2.17. The first kappa shape index (κ1) is 14.3. The summed E-state index contributed by atoms with van der Waals surface area (Å²) in [5.41, 5.74) is 2.06. The SMILES string of the molecule is CC(C)NC(Cn1cc(-c2ccccc2)cn1)C(=O)O. The first-order valence-electron chi connectivity index (χ1n) is 6.63. The number of aliphatic carboxylic acids is 1. The third-order valence-electron chi connectivity index (χ3n) is 2.94. The largest absolute Gasteiger partial charge is 0.480 e. The number of nitrogens with zero attached hydrogens (tertiary/aromatic N) is 2. The quantitative estimate of drug-likeness (QED) is 0.844. The van der Waals surface area contributed by atoms with E-state index in [1.165, 1.54) is 0 Å². The Morgan fingerprint density at radius 3 is 2.60 bits per heavy atom. The highest BCUT2D eigenvalue weighted by Gasteiger charge is 2.19. The Morgan fingerprint density at radius 1 is 1.30 bits per heavy atom. The molecule has 0 bridgehead atoms. The smallest absolute Gasteiger partial charge is 0.322 e. The maximum absolute atomic E-state index is 11.2. The predicted octanol–water partition coefficient (Wildman–Crippen LogP) is 2.00. The van der Waals surface area contributed by atoms with Gasteiger partial charge < -0.3 is 10.4 Å². The van der Waals surface area contributed by atoms with Gasteiger partial charge >= 0.3 is 5.97 Å². The summed E-state index contributed by atoms with van der Waals surface area (Å²) in [5.74, 6) is -0.865. The van der Waals surface area contributed by atoms with Crippen molar-refractivity contribution in [3.8, 4) is 11.1 Å². The fraction of sp³-hybridized carbons (Fsp3) is 0.333. The van der Waals surface area contributed by atoms with Crippen LogP contribution < -0.4 is 5.32 Å². The number of carboxylic acids is 1. The van der Waals surface area contributed by atoms with Crippen molar-refractivity contribution in [1.82, 2.24) is 15.1 Å². The van der Waals surface area contributed by atoms with Crippen molar-refractivity contribution in [3.05, 3.63) is 42.7 Å². The van der Waals surface area contributed by atoms with Crippen molar-refractivity contribution in [1.29, 1.82) is 0 Å². The molecule has 0 aliphatic rings. The van der Waals surface area contributed by atoms with Crippen LogP contribution in [0.5, 0.6) is 0 Å². The second-order valence-electron chi connectivity index (χ2n) is 5.03. The van der Waals surface area contributed by atoms with Crippen LogP contribution in [0.4, 0.5) is 0 Å². The van der Waals surface area contributed by atoms with Gasteiger partial charge in [0, 0.05) is 17.8 Å². The normalized spacial score (nSPS) is 12.6. The minimum Gasteiger partial charge on any atom is -0.480 e. The van der Waals surface area contributed by atoms with Crippen LogP contribution in [0.3, 0.4) is 0 Å². The van der Waals surface area contributed by atoms with Gasteiger partial charge in [-0.15, -0.1) is 0 Å². The van der Waals surface area contributed by atoms with E-state index in [9.17, 15) is 9.90 Å². The Morgan fingerprint density at radius 2 is 2.00 bits per heavy atom. The molecule has 1 aromatic heterocycles. The summed E-state index contributed by atoms with van der Waals surface area (Å²) < 4.78 is 1.66. The second-order valence-corrected chi connectivity index (χ2v) is 5.03. The molecule has 0 saturated heterocycles. The summed E-state index contributed by atoms with van der Waals surface area (Å²) in [6, 6.07) is 9.37. The fourth-order valence-electron chi connectivity index (χ4n) is 2.03. The van der Waals surface area contributed by atoms with Crippen LogP contribution in [0.25, 0.3) is 11.1 Å². The Labute approximate surface area is 118 Å².